The van der Waals surface area contributed by atoms with Crippen molar-refractivity contribution < 1.29 is 37.6 Å². The zero-order valence-corrected chi connectivity index (χ0v) is 40.5. The van der Waals surface area contributed by atoms with Gasteiger partial charge in [-0.1, -0.05) is 201 Å². The Labute approximate surface area is 375 Å². The van der Waals surface area contributed by atoms with Crippen LogP contribution in [0.25, 0.3) is 0 Å². The van der Waals surface area contributed by atoms with Crippen LogP contribution in [-0.2, 0) is 23.1 Å². The second-order valence-corrected chi connectivity index (χ2v) is 18.7. The molecule has 352 valence electrons. The smallest absolute Gasteiger partial charge is 0.305 e. The lowest BCUT2D eigenvalue weighted by molar-refractivity contribution is -0.870. The number of nitrogens with zero attached hydrogens (tertiary/aromatic N) is 1. The first-order valence-corrected chi connectivity index (χ1v) is 25.8. The summed E-state index contributed by atoms with van der Waals surface area (Å²) in [6.45, 7) is 1.84. The molecule has 0 spiro atoms. The SMILES string of the molecule is CC/C=C\C/C=C\C/C=C\C/C=C\C/C=C\C/C=C\C/C=C\CCCCCCCCCCCCCCCCCCCCCC(=O)OCC(O)COP(=O)([O-])OCC[N+](C)(C)C. The summed E-state index contributed by atoms with van der Waals surface area (Å²) in [5.74, 6) is -0.387. The number of rotatable bonds is 44. The van der Waals surface area contributed by atoms with E-state index in [2.05, 4.69) is 92.0 Å². The molecule has 1 N–H and O–H groups in total. The molecule has 0 saturated carbocycles. The Hall–Kier alpha value is -2.32. The Kier molecular flexibility index (Phi) is 42.6. The summed E-state index contributed by atoms with van der Waals surface area (Å²) in [5, 5.41) is 9.90. The second kappa shape index (κ2) is 44.3. The number of aliphatic hydroxyl groups is 1. The first-order valence-electron chi connectivity index (χ1n) is 24.3. The third-order valence-corrected chi connectivity index (χ3v) is 11.1. The van der Waals surface area contributed by atoms with Crippen molar-refractivity contribution >= 4 is 13.8 Å². The molecule has 8 nitrogen and oxygen atoms in total. The monoisotopic (exact) mass is 874 g/mol. The summed E-state index contributed by atoms with van der Waals surface area (Å²) in [6.07, 6.45) is 63.6. The van der Waals surface area contributed by atoms with Gasteiger partial charge >= 0.3 is 5.97 Å². The Balaban J connectivity index is 3.41. The summed E-state index contributed by atoms with van der Waals surface area (Å²) in [5.41, 5.74) is 0. The minimum atomic E-state index is -4.51. The number of esters is 1. The lowest BCUT2D eigenvalue weighted by Gasteiger charge is -2.27. The molecule has 2 atom stereocenters. The van der Waals surface area contributed by atoms with Crippen molar-refractivity contribution in [2.24, 2.45) is 0 Å². The van der Waals surface area contributed by atoms with Gasteiger partial charge in [0.2, 0.25) is 0 Å². The van der Waals surface area contributed by atoms with E-state index in [9.17, 15) is 19.4 Å². The number of ether oxygens (including phenoxy) is 1. The van der Waals surface area contributed by atoms with Crippen LogP contribution in [0.1, 0.15) is 187 Å². The lowest BCUT2D eigenvalue weighted by Crippen LogP contribution is -2.37. The number of hydrogen-bond acceptors (Lipinski definition) is 7. The van der Waals surface area contributed by atoms with Gasteiger partial charge in [0.15, 0.2) is 0 Å². The number of unbranched alkanes of at least 4 members (excludes halogenated alkanes) is 19. The van der Waals surface area contributed by atoms with Gasteiger partial charge in [0.05, 0.1) is 27.7 Å². The number of hydrogen-bond donors (Lipinski definition) is 1. The van der Waals surface area contributed by atoms with Gasteiger partial charge in [-0.15, -0.1) is 0 Å². The van der Waals surface area contributed by atoms with E-state index in [-0.39, 0.29) is 19.2 Å². The maximum atomic E-state index is 12.0. The van der Waals surface area contributed by atoms with E-state index in [0.29, 0.717) is 17.4 Å². The number of phosphoric ester groups is 1. The van der Waals surface area contributed by atoms with Crippen LogP contribution in [0.4, 0.5) is 0 Å². The molecule has 61 heavy (non-hydrogen) atoms. The van der Waals surface area contributed by atoms with Gasteiger partial charge in [0.1, 0.15) is 25.9 Å². The quantitative estimate of drug-likeness (QED) is 0.0214. The van der Waals surface area contributed by atoms with E-state index < -0.39 is 20.5 Å². The van der Waals surface area contributed by atoms with Crippen molar-refractivity contribution in [2.45, 2.75) is 193 Å². The van der Waals surface area contributed by atoms with Crippen molar-refractivity contribution in [1.29, 1.82) is 0 Å². The van der Waals surface area contributed by atoms with Crippen LogP contribution >= 0.6 is 7.82 Å². The number of likely N-dealkylation sites (N-methyl/N-ethyl adjacent to an activating group) is 1. The number of allylic oxidation sites excluding steroid dienone is 14. The molecule has 0 amide bonds. The van der Waals surface area contributed by atoms with Crippen LogP contribution in [0, 0.1) is 0 Å². The van der Waals surface area contributed by atoms with E-state index in [1.165, 1.54) is 109 Å². The van der Waals surface area contributed by atoms with E-state index in [1.807, 2.05) is 21.1 Å². The topological polar surface area (TPSA) is 105 Å². The molecule has 0 aliphatic rings. The minimum absolute atomic E-state index is 0.00936. The van der Waals surface area contributed by atoms with Crippen molar-refractivity contribution in [3.05, 3.63) is 85.1 Å². The largest absolute Gasteiger partial charge is 0.756 e. The van der Waals surface area contributed by atoms with Crippen LogP contribution in [0.2, 0.25) is 0 Å². The van der Waals surface area contributed by atoms with Gasteiger partial charge in [0.25, 0.3) is 7.82 Å². The van der Waals surface area contributed by atoms with Crippen molar-refractivity contribution in [3.63, 3.8) is 0 Å². The van der Waals surface area contributed by atoms with Gasteiger partial charge in [0, 0.05) is 6.42 Å². The van der Waals surface area contributed by atoms with Crippen molar-refractivity contribution in [2.75, 3.05) is 47.5 Å². The zero-order valence-electron chi connectivity index (χ0n) is 39.6. The fourth-order valence-electron chi connectivity index (χ4n) is 6.40. The molecule has 0 aromatic rings. The van der Waals surface area contributed by atoms with E-state index in [0.717, 1.165) is 64.2 Å². The molecular formula is C52H92NO7P. The molecule has 0 rings (SSSR count). The van der Waals surface area contributed by atoms with E-state index in [1.54, 1.807) is 0 Å². The van der Waals surface area contributed by atoms with Crippen LogP contribution in [0.5, 0.6) is 0 Å². The van der Waals surface area contributed by atoms with Gasteiger partial charge in [-0.05, 0) is 64.2 Å². The molecule has 0 fully saturated rings. The van der Waals surface area contributed by atoms with Crippen molar-refractivity contribution in [3.8, 4) is 0 Å². The summed E-state index contributed by atoms with van der Waals surface area (Å²) in [6, 6.07) is 0. The third-order valence-electron chi connectivity index (χ3n) is 10.2. The number of carbonyl (C=O) groups excluding carboxylic acids is 1. The van der Waals surface area contributed by atoms with Crippen LogP contribution in [-0.4, -0.2) is 69.2 Å². The molecule has 0 aliphatic carbocycles. The minimum Gasteiger partial charge on any atom is -0.756 e. The Morgan fingerprint density at radius 2 is 0.869 bits per heavy atom. The maximum absolute atomic E-state index is 12.0. The molecule has 0 heterocycles. The standard InChI is InChI=1S/C52H92NO7P/c1-5-6-7-8-9-10-11-12-13-14-15-16-17-18-19-20-21-22-23-24-25-26-27-28-29-30-31-32-33-34-35-36-37-38-39-40-41-42-43-44-45-46-52(55)58-49-51(54)50-60-61(56,57)59-48-47-53(2,3)4/h6-7,9-10,12-13,15-16,18-19,21-22,24-25,51,54H,5,8,11,14,17,20,23,26-50H2,1-4H3/b7-6-,10-9-,13-12-,16-15-,19-18-,22-21-,25-24-. The Morgan fingerprint density at radius 3 is 1.25 bits per heavy atom. The summed E-state index contributed by atoms with van der Waals surface area (Å²) < 4.78 is 26.9. The van der Waals surface area contributed by atoms with Crippen LogP contribution in [0.3, 0.4) is 0 Å². The Bertz CT molecular complexity index is 1250. The van der Waals surface area contributed by atoms with Crippen LogP contribution < -0.4 is 4.89 Å². The molecule has 0 aliphatic heterocycles. The predicted molar refractivity (Wildman–Crippen MR) is 258 cm³/mol. The summed E-state index contributed by atoms with van der Waals surface area (Å²) in [4.78, 5) is 23.7. The molecule has 0 aromatic carbocycles. The number of phosphoric acid groups is 1. The van der Waals surface area contributed by atoms with Gasteiger partial charge < -0.3 is 28.3 Å². The first-order chi connectivity index (χ1) is 29.6. The van der Waals surface area contributed by atoms with E-state index >= 15 is 0 Å². The molecule has 0 radical (unpaired) electrons. The fourth-order valence-corrected chi connectivity index (χ4v) is 7.13. The number of quaternary nitrogens is 1. The van der Waals surface area contributed by atoms with Gasteiger partial charge in [-0.2, -0.15) is 0 Å². The average molecular weight is 874 g/mol. The molecule has 0 saturated heterocycles. The third kappa shape index (κ3) is 50.2. The van der Waals surface area contributed by atoms with Gasteiger partial charge in [-0.3, -0.25) is 9.36 Å². The normalized spacial score (nSPS) is 14.4. The highest BCUT2D eigenvalue weighted by atomic mass is 31.2. The summed E-state index contributed by atoms with van der Waals surface area (Å²) >= 11 is 0. The average Bonchev–Trinajstić information content (AvgIpc) is 3.22. The second-order valence-electron chi connectivity index (χ2n) is 17.3. The zero-order chi connectivity index (χ0) is 44.8. The number of aliphatic hydroxyl groups excluding tert-OH is 1. The van der Waals surface area contributed by atoms with E-state index in [4.69, 9.17) is 13.8 Å². The first kappa shape index (κ1) is 58.7. The number of carbonyl (C=O) groups is 1. The maximum Gasteiger partial charge on any atom is 0.305 e. The highest BCUT2D eigenvalue weighted by molar-refractivity contribution is 7.45. The van der Waals surface area contributed by atoms with Crippen LogP contribution in [0.15, 0.2) is 85.1 Å². The Morgan fingerprint density at radius 1 is 0.525 bits per heavy atom. The van der Waals surface area contributed by atoms with Gasteiger partial charge in [-0.25, -0.2) is 0 Å². The molecule has 0 aromatic heterocycles. The summed E-state index contributed by atoms with van der Waals surface area (Å²) in [7, 11) is 1.25. The fraction of sp³-hybridized carbons (Fsp3) is 0.712. The highest BCUT2D eigenvalue weighted by Crippen LogP contribution is 2.38. The van der Waals surface area contributed by atoms with Crippen molar-refractivity contribution in [1.82, 2.24) is 0 Å². The molecule has 0 bridgehead atoms. The molecule has 2 unspecified atom stereocenters. The lowest BCUT2D eigenvalue weighted by atomic mass is 10.0. The molecule has 9 heteroatoms. The predicted octanol–water partition coefficient (Wildman–Crippen LogP) is 13.9. The molecular weight excluding hydrogens is 782 g/mol. The highest BCUT2D eigenvalue weighted by Gasteiger charge is 2.17.